The molecule has 0 radical (unpaired) electrons. The number of benzene rings is 2. The Morgan fingerprint density at radius 2 is 1.78 bits per heavy atom. The summed E-state index contributed by atoms with van der Waals surface area (Å²) < 4.78 is 0.973. The summed E-state index contributed by atoms with van der Waals surface area (Å²) in [5, 5.41) is 15.5. The average Bonchev–Trinajstić information content (AvgIpc) is 3.08. The minimum absolute atomic E-state index is 0.0333. The van der Waals surface area contributed by atoms with E-state index in [0.717, 1.165) is 21.3 Å². The van der Waals surface area contributed by atoms with Crippen LogP contribution in [0.15, 0.2) is 58.1 Å². The second kappa shape index (κ2) is 8.67. The lowest BCUT2D eigenvalue weighted by atomic mass is 9.98. The van der Waals surface area contributed by atoms with E-state index in [2.05, 4.69) is 21.0 Å². The third kappa shape index (κ3) is 4.96. The first kappa shape index (κ1) is 19.6. The first-order chi connectivity index (χ1) is 12.9. The molecular formula is C20H18BrClN2O3. The van der Waals surface area contributed by atoms with Crippen molar-refractivity contribution in [2.45, 2.75) is 31.7 Å². The number of rotatable bonds is 6. The van der Waals surface area contributed by atoms with Crippen LogP contribution in [0, 0.1) is 0 Å². The molecule has 2 aromatic rings. The van der Waals surface area contributed by atoms with Crippen molar-refractivity contribution in [3.63, 3.8) is 0 Å². The highest BCUT2D eigenvalue weighted by Crippen LogP contribution is 2.34. The first-order valence-electron chi connectivity index (χ1n) is 8.57. The number of carboxylic acids is 1. The van der Waals surface area contributed by atoms with Gasteiger partial charge >= 0.3 is 5.97 Å². The number of carboxylic acid groups (broad SMARTS) is 1. The highest BCUT2D eigenvalue weighted by molar-refractivity contribution is 9.10. The third-order valence-electron chi connectivity index (χ3n) is 4.38. The van der Waals surface area contributed by atoms with Gasteiger partial charge in [-0.15, -0.1) is 0 Å². The molecule has 27 heavy (non-hydrogen) atoms. The molecular weight excluding hydrogens is 432 g/mol. The molecule has 0 aliphatic carbocycles. The van der Waals surface area contributed by atoms with Gasteiger partial charge in [0.2, 0.25) is 5.91 Å². The quantitative estimate of drug-likeness (QED) is 0.672. The number of carbonyl (C=O) groups is 2. The third-order valence-corrected chi connectivity index (χ3v) is 5.16. The van der Waals surface area contributed by atoms with E-state index in [1.54, 1.807) is 12.1 Å². The molecule has 1 amide bonds. The Kier molecular flexibility index (Phi) is 6.29. The van der Waals surface area contributed by atoms with E-state index in [1.807, 2.05) is 36.4 Å². The Labute approximate surface area is 170 Å². The largest absolute Gasteiger partial charge is 0.481 e. The van der Waals surface area contributed by atoms with Crippen LogP contribution in [0.3, 0.4) is 0 Å². The summed E-state index contributed by atoms with van der Waals surface area (Å²) in [6, 6.07) is 14.9. The van der Waals surface area contributed by atoms with Crippen molar-refractivity contribution in [1.29, 1.82) is 0 Å². The number of hydrogen-bond acceptors (Lipinski definition) is 3. The SMILES string of the molecule is O=C(O)CCCC(=O)N1N=C(c2ccc(Br)cc2)C[C@@H]1c1ccc(Cl)cc1. The van der Waals surface area contributed by atoms with Gasteiger partial charge in [-0.25, -0.2) is 5.01 Å². The van der Waals surface area contributed by atoms with Crippen molar-refractivity contribution in [1.82, 2.24) is 5.01 Å². The maximum absolute atomic E-state index is 12.7. The topological polar surface area (TPSA) is 70.0 Å². The summed E-state index contributed by atoms with van der Waals surface area (Å²) >= 11 is 9.41. The van der Waals surface area contributed by atoms with Crippen LogP contribution in [0.5, 0.6) is 0 Å². The van der Waals surface area contributed by atoms with Gasteiger partial charge in [-0.1, -0.05) is 51.8 Å². The summed E-state index contributed by atoms with van der Waals surface area (Å²) in [6.07, 6.45) is 0.997. The number of aliphatic carboxylic acids is 1. The van der Waals surface area contributed by atoms with Crippen LogP contribution >= 0.6 is 27.5 Å². The second-order valence-electron chi connectivity index (χ2n) is 6.31. The van der Waals surface area contributed by atoms with Crippen LogP contribution in [-0.2, 0) is 9.59 Å². The predicted molar refractivity (Wildman–Crippen MR) is 108 cm³/mol. The lowest BCUT2D eigenvalue weighted by Crippen LogP contribution is -2.27. The van der Waals surface area contributed by atoms with E-state index in [1.165, 1.54) is 5.01 Å². The Morgan fingerprint density at radius 3 is 2.41 bits per heavy atom. The van der Waals surface area contributed by atoms with Gasteiger partial charge in [-0.2, -0.15) is 5.10 Å². The van der Waals surface area contributed by atoms with Gasteiger partial charge in [0.15, 0.2) is 0 Å². The molecule has 0 saturated carbocycles. The maximum Gasteiger partial charge on any atom is 0.303 e. The number of amides is 1. The molecule has 0 bridgehead atoms. The van der Waals surface area contributed by atoms with Crippen LogP contribution in [-0.4, -0.2) is 27.7 Å². The minimum Gasteiger partial charge on any atom is -0.481 e. The smallest absolute Gasteiger partial charge is 0.303 e. The van der Waals surface area contributed by atoms with E-state index >= 15 is 0 Å². The van der Waals surface area contributed by atoms with Gasteiger partial charge in [-0.3, -0.25) is 9.59 Å². The molecule has 1 aliphatic rings. The van der Waals surface area contributed by atoms with E-state index in [0.29, 0.717) is 17.9 Å². The summed E-state index contributed by atoms with van der Waals surface area (Å²) in [7, 11) is 0. The van der Waals surface area contributed by atoms with Crippen molar-refractivity contribution in [3.05, 3.63) is 69.2 Å². The molecule has 1 N–H and O–H groups in total. The molecule has 5 nitrogen and oxygen atoms in total. The average molecular weight is 450 g/mol. The Balaban J connectivity index is 1.85. The Hall–Kier alpha value is -2.18. The zero-order chi connectivity index (χ0) is 19.4. The van der Waals surface area contributed by atoms with E-state index in [-0.39, 0.29) is 24.8 Å². The molecule has 1 atom stereocenters. The zero-order valence-corrected chi connectivity index (χ0v) is 16.8. The number of hydrogen-bond donors (Lipinski definition) is 1. The fourth-order valence-corrected chi connectivity index (χ4v) is 3.40. The van der Waals surface area contributed by atoms with E-state index in [9.17, 15) is 9.59 Å². The van der Waals surface area contributed by atoms with Crippen molar-refractivity contribution >= 4 is 45.1 Å². The molecule has 1 aliphatic heterocycles. The summed E-state index contributed by atoms with van der Waals surface area (Å²) in [6.45, 7) is 0. The Bertz CT molecular complexity index is 866. The van der Waals surface area contributed by atoms with Crippen molar-refractivity contribution in [2.24, 2.45) is 5.10 Å². The lowest BCUT2D eigenvalue weighted by molar-refractivity contribution is -0.137. The Morgan fingerprint density at radius 1 is 1.11 bits per heavy atom. The first-order valence-corrected chi connectivity index (χ1v) is 9.74. The fourth-order valence-electron chi connectivity index (χ4n) is 3.01. The van der Waals surface area contributed by atoms with Crippen LogP contribution in [0.2, 0.25) is 5.02 Å². The minimum atomic E-state index is -0.905. The fraction of sp³-hybridized carbons (Fsp3) is 0.250. The van der Waals surface area contributed by atoms with Gasteiger partial charge in [0.1, 0.15) is 0 Å². The van der Waals surface area contributed by atoms with Crippen molar-refractivity contribution < 1.29 is 14.7 Å². The zero-order valence-electron chi connectivity index (χ0n) is 14.4. The number of nitrogens with zero attached hydrogens (tertiary/aromatic N) is 2. The summed E-state index contributed by atoms with van der Waals surface area (Å²) in [5.74, 6) is -1.08. The number of hydrazone groups is 1. The molecule has 0 spiro atoms. The van der Waals surface area contributed by atoms with Crippen molar-refractivity contribution in [2.75, 3.05) is 0 Å². The molecule has 1 heterocycles. The molecule has 2 aromatic carbocycles. The molecule has 0 saturated heterocycles. The van der Waals surface area contributed by atoms with Gasteiger partial charge in [0, 0.05) is 28.8 Å². The maximum atomic E-state index is 12.7. The van der Waals surface area contributed by atoms with E-state index in [4.69, 9.17) is 16.7 Å². The standard InChI is InChI=1S/C20H18BrClN2O3/c21-15-8-4-13(5-9-15)17-12-18(14-6-10-16(22)11-7-14)24(23-17)19(25)2-1-3-20(26)27/h4-11,18H,1-3,12H2,(H,26,27)/t18-/m1/s1. The monoisotopic (exact) mass is 448 g/mol. The van der Waals surface area contributed by atoms with Crippen LogP contribution < -0.4 is 0 Å². The molecule has 7 heteroatoms. The van der Waals surface area contributed by atoms with E-state index < -0.39 is 5.97 Å². The number of carbonyl (C=O) groups excluding carboxylic acids is 1. The number of halogens is 2. The van der Waals surface area contributed by atoms with Gasteiger partial charge < -0.3 is 5.11 Å². The highest BCUT2D eigenvalue weighted by atomic mass is 79.9. The van der Waals surface area contributed by atoms with Crippen LogP contribution in [0.4, 0.5) is 0 Å². The van der Waals surface area contributed by atoms with Crippen molar-refractivity contribution in [3.8, 4) is 0 Å². The highest BCUT2D eigenvalue weighted by Gasteiger charge is 2.32. The van der Waals surface area contributed by atoms with Crippen LogP contribution in [0.25, 0.3) is 0 Å². The molecule has 0 fully saturated rings. The summed E-state index contributed by atoms with van der Waals surface area (Å²) in [5.41, 5.74) is 2.73. The molecule has 140 valence electrons. The molecule has 0 unspecified atom stereocenters. The van der Waals surface area contributed by atoms with Gasteiger partial charge in [0.05, 0.1) is 11.8 Å². The molecule has 0 aromatic heterocycles. The second-order valence-corrected chi connectivity index (χ2v) is 7.66. The predicted octanol–water partition coefficient (Wildman–Crippen LogP) is 5.04. The lowest BCUT2D eigenvalue weighted by Gasteiger charge is -2.22. The van der Waals surface area contributed by atoms with Crippen LogP contribution in [0.1, 0.15) is 42.9 Å². The normalized spacial score (nSPS) is 16.3. The van der Waals surface area contributed by atoms with Gasteiger partial charge in [-0.05, 0) is 41.8 Å². The van der Waals surface area contributed by atoms with Gasteiger partial charge in [0.25, 0.3) is 0 Å². The summed E-state index contributed by atoms with van der Waals surface area (Å²) in [4.78, 5) is 23.4. The molecule has 3 rings (SSSR count).